The van der Waals surface area contributed by atoms with Crippen molar-refractivity contribution in [1.29, 1.82) is 0 Å². The smallest absolute Gasteiger partial charge is 0.416 e. The van der Waals surface area contributed by atoms with Gasteiger partial charge in [0, 0.05) is 16.1 Å². The Balaban J connectivity index is 1.89. The lowest BCUT2D eigenvalue weighted by atomic mass is 10.1. The number of carbonyl (C=O) groups is 3. The lowest BCUT2D eigenvalue weighted by Crippen LogP contribution is -2.34. The summed E-state index contributed by atoms with van der Waals surface area (Å²) < 4.78 is 50.1. The Morgan fingerprint density at radius 3 is 2.54 bits per heavy atom. The molecule has 0 spiro atoms. The molecule has 37 heavy (non-hydrogen) atoms. The number of hydrogen-bond acceptors (Lipinski definition) is 8. The summed E-state index contributed by atoms with van der Waals surface area (Å²) in [6.45, 7) is 1.51. The first-order chi connectivity index (χ1) is 17.4. The van der Waals surface area contributed by atoms with Gasteiger partial charge in [0.1, 0.15) is 12.3 Å². The van der Waals surface area contributed by atoms with E-state index in [1.165, 1.54) is 24.3 Å². The second-order valence-corrected chi connectivity index (χ2v) is 9.47. The Morgan fingerprint density at radius 1 is 1.19 bits per heavy atom. The van der Waals surface area contributed by atoms with Crippen molar-refractivity contribution in [2.75, 3.05) is 13.2 Å². The summed E-state index contributed by atoms with van der Waals surface area (Å²) >= 11 is 3.82. The summed E-state index contributed by atoms with van der Waals surface area (Å²) in [5, 5.41) is 10.7. The van der Waals surface area contributed by atoms with Crippen LogP contribution in [0.1, 0.15) is 30.9 Å². The minimum atomic E-state index is -4.79. The number of carbonyl (C=O) groups excluding carboxylic acids is 3. The van der Waals surface area contributed by atoms with E-state index in [-0.39, 0.29) is 22.8 Å². The molecule has 1 fully saturated rings. The molecule has 3 rings (SSSR count). The summed E-state index contributed by atoms with van der Waals surface area (Å²) in [4.78, 5) is 48.1. The molecular weight excluding hydrogens is 585 g/mol. The summed E-state index contributed by atoms with van der Waals surface area (Å²) in [6.07, 6.45) is -2.08. The first-order valence-electron chi connectivity index (χ1n) is 10.6. The Morgan fingerprint density at radius 2 is 1.89 bits per heavy atom. The van der Waals surface area contributed by atoms with Gasteiger partial charge < -0.3 is 9.47 Å². The van der Waals surface area contributed by atoms with Crippen molar-refractivity contribution in [3.63, 3.8) is 0 Å². The van der Waals surface area contributed by atoms with Crippen molar-refractivity contribution in [2.24, 2.45) is 0 Å². The predicted molar refractivity (Wildman–Crippen MR) is 131 cm³/mol. The van der Waals surface area contributed by atoms with Crippen LogP contribution in [0, 0.1) is 10.1 Å². The fraction of sp³-hybridized carbons (Fsp3) is 0.261. The third-order valence-electron chi connectivity index (χ3n) is 4.88. The molecule has 0 unspecified atom stereocenters. The minimum absolute atomic E-state index is 0.0307. The third kappa shape index (κ3) is 7.10. The predicted octanol–water partition coefficient (Wildman–Crippen LogP) is 6.55. The number of thioether (sulfide) groups is 1. The van der Waals surface area contributed by atoms with Gasteiger partial charge in [0.15, 0.2) is 0 Å². The molecule has 0 aromatic heterocycles. The van der Waals surface area contributed by atoms with Crippen LogP contribution < -0.4 is 4.74 Å². The highest BCUT2D eigenvalue weighted by atomic mass is 79.9. The van der Waals surface area contributed by atoms with Gasteiger partial charge >= 0.3 is 17.8 Å². The van der Waals surface area contributed by atoms with E-state index in [2.05, 4.69) is 15.9 Å². The van der Waals surface area contributed by atoms with Crippen LogP contribution in [0.4, 0.5) is 23.7 Å². The van der Waals surface area contributed by atoms with Crippen molar-refractivity contribution in [2.45, 2.75) is 25.9 Å². The average Bonchev–Trinajstić information content (AvgIpc) is 3.07. The van der Waals surface area contributed by atoms with Crippen molar-refractivity contribution in [3.05, 3.63) is 67.0 Å². The first kappa shape index (κ1) is 28.2. The van der Waals surface area contributed by atoms with E-state index >= 15 is 0 Å². The summed E-state index contributed by atoms with van der Waals surface area (Å²) in [7, 11) is 0. The van der Waals surface area contributed by atoms with E-state index in [1.807, 2.05) is 6.92 Å². The van der Waals surface area contributed by atoms with Crippen LogP contribution in [0.5, 0.6) is 11.5 Å². The number of esters is 1. The first-order valence-corrected chi connectivity index (χ1v) is 12.3. The highest BCUT2D eigenvalue weighted by molar-refractivity contribution is 9.10. The van der Waals surface area contributed by atoms with Gasteiger partial charge in [-0.15, -0.1) is 0 Å². The van der Waals surface area contributed by atoms with Crippen molar-refractivity contribution < 1.29 is 42.0 Å². The molecule has 1 heterocycles. The van der Waals surface area contributed by atoms with Gasteiger partial charge in [0.25, 0.3) is 11.1 Å². The fourth-order valence-electron chi connectivity index (χ4n) is 3.05. The topological polar surface area (TPSA) is 116 Å². The van der Waals surface area contributed by atoms with Crippen LogP contribution in [0.15, 0.2) is 45.8 Å². The monoisotopic (exact) mass is 602 g/mol. The van der Waals surface area contributed by atoms with Crippen LogP contribution in [0.2, 0.25) is 0 Å². The molecule has 0 N–H and O–H groups in total. The highest BCUT2D eigenvalue weighted by Gasteiger charge is 2.37. The number of ether oxygens (including phenoxy) is 2. The zero-order valence-electron chi connectivity index (χ0n) is 19.0. The number of rotatable bonds is 9. The van der Waals surface area contributed by atoms with E-state index in [1.54, 1.807) is 0 Å². The molecule has 9 nitrogen and oxygen atoms in total. The normalized spacial score (nSPS) is 14.8. The number of nitro groups is 1. The molecule has 2 amide bonds. The van der Waals surface area contributed by atoms with Crippen LogP contribution in [-0.2, 0) is 20.5 Å². The van der Waals surface area contributed by atoms with E-state index in [0.29, 0.717) is 34.8 Å². The molecule has 0 bridgehead atoms. The standard InChI is InChI=1S/C23H18BrF3N2O7S/c1-2-3-8-35-20(30)12-28-21(31)19(37-22(28)32)10-13-9-15(24)5-7-17(13)36-18-6-4-14(23(25,26)27)11-16(18)29(33)34/h4-7,9-11H,2-3,8,12H2,1H3/b19-10+. The van der Waals surface area contributed by atoms with Crippen LogP contribution in [-0.4, -0.2) is 40.1 Å². The molecular formula is C23H18BrF3N2O7S. The molecule has 1 aliphatic rings. The molecule has 1 aliphatic heterocycles. The molecule has 0 atom stereocenters. The second-order valence-electron chi connectivity index (χ2n) is 7.56. The van der Waals surface area contributed by atoms with E-state index in [4.69, 9.17) is 9.47 Å². The van der Waals surface area contributed by atoms with E-state index in [0.717, 1.165) is 17.4 Å². The number of alkyl halides is 3. The van der Waals surface area contributed by atoms with Crippen molar-refractivity contribution in [1.82, 2.24) is 4.90 Å². The van der Waals surface area contributed by atoms with Crippen LogP contribution in [0.25, 0.3) is 6.08 Å². The summed E-state index contributed by atoms with van der Waals surface area (Å²) in [5.41, 5.74) is -1.94. The van der Waals surface area contributed by atoms with Gasteiger partial charge in [-0.2, -0.15) is 13.2 Å². The summed E-state index contributed by atoms with van der Waals surface area (Å²) in [6, 6.07) is 6.21. The van der Waals surface area contributed by atoms with Crippen molar-refractivity contribution >= 4 is 56.6 Å². The molecule has 1 saturated heterocycles. The maximum atomic E-state index is 13.0. The maximum Gasteiger partial charge on any atom is 0.416 e. The lowest BCUT2D eigenvalue weighted by Gasteiger charge is -2.12. The minimum Gasteiger partial charge on any atom is -0.464 e. The summed E-state index contributed by atoms with van der Waals surface area (Å²) in [5.74, 6) is -1.98. The van der Waals surface area contributed by atoms with Crippen molar-refractivity contribution in [3.8, 4) is 11.5 Å². The molecule has 0 radical (unpaired) electrons. The quantitative estimate of drug-likeness (QED) is 0.104. The number of imide groups is 1. The number of hydrogen-bond donors (Lipinski definition) is 0. The number of unbranched alkanes of at least 4 members (excludes halogenated alkanes) is 1. The Labute approximate surface area is 220 Å². The van der Waals surface area contributed by atoms with Gasteiger partial charge in [-0.05, 0) is 54.6 Å². The fourth-order valence-corrected chi connectivity index (χ4v) is 4.26. The van der Waals surface area contributed by atoms with E-state index < -0.39 is 51.8 Å². The molecule has 196 valence electrons. The zero-order valence-corrected chi connectivity index (χ0v) is 21.4. The largest absolute Gasteiger partial charge is 0.464 e. The van der Waals surface area contributed by atoms with Crippen LogP contribution >= 0.6 is 27.7 Å². The van der Waals surface area contributed by atoms with Gasteiger partial charge in [0.2, 0.25) is 5.75 Å². The van der Waals surface area contributed by atoms with E-state index in [9.17, 15) is 37.7 Å². The van der Waals surface area contributed by atoms with Gasteiger partial charge in [-0.3, -0.25) is 29.4 Å². The number of nitrogens with zero attached hydrogens (tertiary/aromatic N) is 2. The molecule has 14 heteroatoms. The van der Waals surface area contributed by atoms with Gasteiger partial charge in [0.05, 0.1) is 22.0 Å². The van der Waals surface area contributed by atoms with Gasteiger partial charge in [-0.25, -0.2) is 0 Å². The SMILES string of the molecule is CCCCOC(=O)CN1C(=O)S/C(=C/c2cc(Br)ccc2Oc2ccc(C(F)(F)F)cc2[N+](=O)[O-])C1=O. The zero-order chi connectivity index (χ0) is 27.3. The number of halogens is 4. The number of benzene rings is 2. The maximum absolute atomic E-state index is 13.0. The molecule has 0 aliphatic carbocycles. The highest BCUT2D eigenvalue weighted by Crippen LogP contribution is 2.40. The Bertz CT molecular complexity index is 1280. The average molecular weight is 603 g/mol. The van der Waals surface area contributed by atoms with Gasteiger partial charge in [-0.1, -0.05) is 29.3 Å². The Kier molecular flexibility index (Phi) is 8.97. The van der Waals surface area contributed by atoms with Crippen LogP contribution in [0.3, 0.4) is 0 Å². The number of nitro benzene ring substituents is 1. The molecule has 2 aromatic carbocycles. The Hall–Kier alpha value is -3.39. The molecule has 2 aromatic rings. The number of amides is 2. The molecule has 0 saturated carbocycles. The second kappa shape index (κ2) is 11.8. The third-order valence-corrected chi connectivity index (χ3v) is 6.28. The lowest BCUT2D eigenvalue weighted by molar-refractivity contribution is -0.385.